The molecule has 6 heterocycles. The van der Waals surface area contributed by atoms with Gasteiger partial charge in [-0.1, -0.05) is 109 Å². The molecule has 0 saturated carbocycles. The van der Waals surface area contributed by atoms with E-state index in [1.54, 1.807) is 31.0 Å². The molecule has 5 amide bonds. The van der Waals surface area contributed by atoms with Gasteiger partial charge in [-0.05, 0) is 76.2 Å². The lowest BCUT2D eigenvalue weighted by molar-refractivity contribution is -0.142. The van der Waals surface area contributed by atoms with Crippen LogP contribution in [0.5, 0.6) is 0 Å². The van der Waals surface area contributed by atoms with Crippen molar-refractivity contribution < 1.29 is 33.9 Å². The molecule has 0 aliphatic carbocycles. The van der Waals surface area contributed by atoms with Gasteiger partial charge in [0.15, 0.2) is 0 Å². The summed E-state index contributed by atoms with van der Waals surface area (Å²) in [6, 6.07) is 37.4. The molecule has 6 aromatic carbocycles. The van der Waals surface area contributed by atoms with Crippen LogP contribution in [-0.2, 0) is 67.3 Å². The van der Waals surface area contributed by atoms with E-state index in [-0.39, 0.29) is 38.5 Å². The standard InChI is InChI=1S/C66H62N12O7/c67-49(25-37-31-68-50-19-7-1-13-43(37)50)61(79)74-56(26-38-32-69-51-20-8-2-14-44(38)51)62(80)75-57(27-39-33-70-52-21-9-3-15-45(39)52)63(81)76-58(28-40-34-71-53-22-10-4-16-46(40)53)64(82)77-59(29-41-35-72-54-23-11-5-17-47(41)54)65(83)78-60(66(84)85)30-42-36-73-55-24-12-6-18-48(42)55/h1-24,31-36,49,56-60,68-73H,25-30,67H2,(H,74,79)(H,75,80)(H,76,81)(H,77,82)(H,78,83)(H,84,85)/t49-,56+,57-,58+,59-,60+/m0/s1. The molecule has 0 unspecified atom stereocenters. The zero-order chi connectivity index (χ0) is 58.6. The molecule has 6 atom stereocenters. The summed E-state index contributed by atoms with van der Waals surface area (Å²) in [6.45, 7) is 0. The van der Waals surface area contributed by atoms with Crippen molar-refractivity contribution in [2.24, 2.45) is 5.73 Å². The molecule has 0 aliphatic rings. The maximum atomic E-state index is 15.5. The zero-order valence-corrected chi connectivity index (χ0v) is 46.0. The van der Waals surface area contributed by atoms with Gasteiger partial charge < -0.3 is 67.3 Å². The number of H-pyrrole nitrogens is 6. The molecule has 19 heteroatoms. The lowest BCUT2D eigenvalue weighted by Gasteiger charge is -2.27. The Labute approximate surface area is 485 Å². The topological polar surface area (TPSA) is 304 Å². The SMILES string of the molecule is N[C@@H](Cc1c[nH]c2ccccc12)C(=O)N[C@H](Cc1c[nH]c2ccccc12)C(=O)N[C@@H](Cc1c[nH]c2ccccc12)C(=O)N[C@H](Cc1c[nH]c2ccccc12)C(=O)N[C@@H](Cc1c[nH]c2ccccc12)C(=O)N[C@H](Cc1c[nH]c2ccccc12)C(=O)O. The molecule has 19 nitrogen and oxygen atoms in total. The number of amides is 5. The second kappa shape index (κ2) is 24.0. The monoisotopic (exact) mass is 1130 g/mol. The van der Waals surface area contributed by atoms with Gasteiger partial charge in [0.2, 0.25) is 29.5 Å². The molecular weight excluding hydrogens is 1070 g/mol. The number of aromatic amines is 6. The Morgan fingerprint density at radius 2 is 0.506 bits per heavy atom. The number of nitrogens with one attached hydrogen (secondary N) is 11. The Balaban J connectivity index is 0.866. The van der Waals surface area contributed by atoms with Gasteiger partial charge in [-0.15, -0.1) is 0 Å². The number of hydrogen-bond donors (Lipinski definition) is 13. The number of nitrogens with two attached hydrogens (primary N) is 1. The molecule has 6 aromatic heterocycles. The number of rotatable bonds is 23. The molecule has 0 radical (unpaired) electrons. The van der Waals surface area contributed by atoms with E-state index in [4.69, 9.17) is 5.73 Å². The maximum absolute atomic E-state index is 15.5. The van der Waals surface area contributed by atoms with Gasteiger partial charge in [0.25, 0.3) is 0 Å². The molecule has 0 aliphatic heterocycles. The quantitative estimate of drug-likeness (QED) is 0.0311. The summed E-state index contributed by atoms with van der Waals surface area (Å²) in [6.07, 6.45) is 10.5. The highest BCUT2D eigenvalue weighted by molar-refractivity contribution is 5.99. The van der Waals surface area contributed by atoms with Gasteiger partial charge in [-0.3, -0.25) is 24.0 Å². The van der Waals surface area contributed by atoms with E-state index in [2.05, 4.69) is 56.5 Å². The molecule has 0 spiro atoms. The van der Waals surface area contributed by atoms with E-state index in [0.29, 0.717) is 22.3 Å². The van der Waals surface area contributed by atoms with Crippen molar-refractivity contribution in [2.45, 2.75) is 74.8 Å². The van der Waals surface area contributed by atoms with E-state index < -0.39 is 71.8 Å². The van der Waals surface area contributed by atoms with Crippen molar-refractivity contribution in [3.8, 4) is 0 Å². The number of carbonyl (C=O) groups is 6. The summed E-state index contributed by atoms with van der Waals surface area (Å²) in [5.74, 6) is -4.82. The van der Waals surface area contributed by atoms with Crippen LogP contribution in [-0.4, -0.2) is 107 Å². The first-order chi connectivity index (χ1) is 41.4. The van der Waals surface area contributed by atoms with Crippen LogP contribution in [0.1, 0.15) is 33.4 Å². The summed E-state index contributed by atoms with van der Waals surface area (Å²) in [5.41, 5.74) is 15.8. The van der Waals surface area contributed by atoms with Crippen LogP contribution in [0.15, 0.2) is 183 Å². The first-order valence-corrected chi connectivity index (χ1v) is 28.2. The fourth-order valence-corrected chi connectivity index (χ4v) is 11.6. The van der Waals surface area contributed by atoms with Gasteiger partial charge in [0, 0.05) is 135 Å². The molecule has 85 heavy (non-hydrogen) atoms. The summed E-state index contributed by atoms with van der Waals surface area (Å²) < 4.78 is 0. The summed E-state index contributed by atoms with van der Waals surface area (Å²) >= 11 is 0. The number of fused-ring (bicyclic) bond motifs is 6. The average Bonchev–Trinajstić information content (AvgIpc) is 4.63. The third kappa shape index (κ3) is 11.9. The molecule has 428 valence electrons. The summed E-state index contributed by atoms with van der Waals surface area (Å²) in [5, 5.41) is 30.1. The van der Waals surface area contributed by atoms with Gasteiger partial charge in [0.1, 0.15) is 30.2 Å². The van der Waals surface area contributed by atoms with Crippen molar-refractivity contribution in [2.75, 3.05) is 0 Å². The number of benzene rings is 6. The second-order valence-corrected chi connectivity index (χ2v) is 21.6. The Bertz CT molecular complexity index is 4450. The predicted octanol–water partition coefficient (Wildman–Crippen LogP) is 7.17. The summed E-state index contributed by atoms with van der Waals surface area (Å²) in [7, 11) is 0. The van der Waals surface area contributed by atoms with Crippen molar-refractivity contribution in [1.29, 1.82) is 0 Å². The number of aliphatic carboxylic acids is 1. The van der Waals surface area contributed by atoms with Crippen LogP contribution in [0, 0.1) is 0 Å². The van der Waals surface area contributed by atoms with Crippen LogP contribution < -0.4 is 32.3 Å². The number of carbonyl (C=O) groups excluding carboxylic acids is 5. The second-order valence-electron chi connectivity index (χ2n) is 21.6. The predicted molar refractivity (Wildman–Crippen MR) is 327 cm³/mol. The normalized spacial score (nSPS) is 13.8. The molecule has 14 N–H and O–H groups in total. The maximum Gasteiger partial charge on any atom is 0.326 e. The van der Waals surface area contributed by atoms with Crippen molar-refractivity contribution >= 4 is 101 Å². The van der Waals surface area contributed by atoms with Crippen molar-refractivity contribution in [3.05, 3.63) is 216 Å². The van der Waals surface area contributed by atoms with Gasteiger partial charge >= 0.3 is 5.97 Å². The minimum absolute atomic E-state index is 0.0127. The number of hydrogen-bond acceptors (Lipinski definition) is 7. The highest BCUT2D eigenvalue weighted by Crippen LogP contribution is 2.26. The third-order valence-electron chi connectivity index (χ3n) is 16.1. The molecular formula is C66H62N12O7. The van der Waals surface area contributed by atoms with Crippen molar-refractivity contribution in [3.63, 3.8) is 0 Å². The molecule has 12 rings (SSSR count). The molecule has 0 bridgehead atoms. The minimum Gasteiger partial charge on any atom is -0.480 e. The Morgan fingerprint density at radius 1 is 0.306 bits per heavy atom. The fraction of sp³-hybridized carbons (Fsp3) is 0.182. The minimum atomic E-state index is -1.40. The van der Waals surface area contributed by atoms with Gasteiger partial charge in [-0.2, -0.15) is 0 Å². The number of aromatic nitrogens is 6. The van der Waals surface area contributed by atoms with Crippen LogP contribution in [0.3, 0.4) is 0 Å². The Morgan fingerprint density at radius 3 is 0.753 bits per heavy atom. The van der Waals surface area contributed by atoms with Gasteiger partial charge in [0.05, 0.1) is 6.04 Å². The molecule has 0 fully saturated rings. The van der Waals surface area contributed by atoms with E-state index in [1.807, 2.05) is 152 Å². The first kappa shape index (κ1) is 54.9. The lowest BCUT2D eigenvalue weighted by Crippen LogP contribution is -2.60. The summed E-state index contributed by atoms with van der Waals surface area (Å²) in [4.78, 5) is 108. The zero-order valence-electron chi connectivity index (χ0n) is 46.0. The lowest BCUT2D eigenvalue weighted by atomic mass is 9.99. The number of carboxylic acid groups (broad SMARTS) is 1. The van der Waals surface area contributed by atoms with E-state index in [1.165, 1.54) is 0 Å². The number of carboxylic acids is 1. The van der Waals surface area contributed by atoms with Crippen LogP contribution in [0.2, 0.25) is 0 Å². The fourth-order valence-electron chi connectivity index (χ4n) is 11.6. The van der Waals surface area contributed by atoms with Crippen LogP contribution in [0.25, 0.3) is 65.4 Å². The highest BCUT2D eigenvalue weighted by atomic mass is 16.4. The largest absolute Gasteiger partial charge is 0.480 e. The average molecular weight is 1140 g/mol. The van der Waals surface area contributed by atoms with E-state index in [9.17, 15) is 19.5 Å². The molecule has 12 aromatic rings. The van der Waals surface area contributed by atoms with Crippen LogP contribution in [0.4, 0.5) is 0 Å². The Hall–Kier alpha value is -10.7. The Kier molecular flexibility index (Phi) is 15.5. The van der Waals surface area contributed by atoms with E-state index in [0.717, 1.165) is 76.5 Å². The van der Waals surface area contributed by atoms with E-state index >= 15 is 14.4 Å². The smallest absolute Gasteiger partial charge is 0.326 e. The molecule has 0 saturated heterocycles. The van der Waals surface area contributed by atoms with Gasteiger partial charge in [-0.25, -0.2) is 4.79 Å². The highest BCUT2D eigenvalue weighted by Gasteiger charge is 2.35. The number of para-hydroxylation sites is 6. The first-order valence-electron chi connectivity index (χ1n) is 28.2. The van der Waals surface area contributed by atoms with Crippen molar-refractivity contribution in [1.82, 2.24) is 56.5 Å². The third-order valence-corrected chi connectivity index (χ3v) is 16.1. The van der Waals surface area contributed by atoms with Crippen LogP contribution >= 0.6 is 0 Å².